The Balaban J connectivity index is 2.35. The highest BCUT2D eigenvalue weighted by Gasteiger charge is 2.22. The van der Waals surface area contributed by atoms with Gasteiger partial charge in [0.15, 0.2) is 0 Å². The van der Waals surface area contributed by atoms with Gasteiger partial charge in [-0.3, -0.25) is 0 Å². The monoisotopic (exact) mass is 129 g/mol. The van der Waals surface area contributed by atoms with E-state index in [0.717, 1.165) is 13.0 Å². The second kappa shape index (κ2) is 2.67. The standard InChI is InChI=1S/C7H15NO/c1-5-4-9-6(2)3-7(5)8/h5-7H,3-4,8H2,1-2H3. The Morgan fingerprint density at radius 3 is 2.56 bits per heavy atom. The van der Waals surface area contributed by atoms with E-state index in [4.69, 9.17) is 10.5 Å². The van der Waals surface area contributed by atoms with E-state index in [1.54, 1.807) is 0 Å². The predicted octanol–water partition coefficient (Wildman–Crippen LogP) is 0.759. The van der Waals surface area contributed by atoms with Crippen molar-refractivity contribution in [2.75, 3.05) is 6.61 Å². The molecule has 1 aliphatic rings. The van der Waals surface area contributed by atoms with Crippen LogP contribution in [0.25, 0.3) is 0 Å². The summed E-state index contributed by atoms with van der Waals surface area (Å²) in [5.74, 6) is 0.543. The van der Waals surface area contributed by atoms with Crippen LogP contribution in [0.2, 0.25) is 0 Å². The zero-order valence-electron chi connectivity index (χ0n) is 6.13. The molecule has 0 saturated carbocycles. The lowest BCUT2D eigenvalue weighted by atomic mass is 9.96. The van der Waals surface area contributed by atoms with Crippen molar-refractivity contribution in [3.8, 4) is 0 Å². The fourth-order valence-electron chi connectivity index (χ4n) is 1.12. The predicted molar refractivity (Wildman–Crippen MR) is 37.2 cm³/mol. The molecule has 1 saturated heterocycles. The first kappa shape index (κ1) is 7.03. The fourth-order valence-corrected chi connectivity index (χ4v) is 1.12. The summed E-state index contributed by atoms with van der Waals surface area (Å²) in [5, 5.41) is 0. The van der Waals surface area contributed by atoms with Crippen LogP contribution < -0.4 is 5.73 Å². The van der Waals surface area contributed by atoms with Crippen LogP contribution in [0.15, 0.2) is 0 Å². The van der Waals surface area contributed by atoms with Crippen molar-refractivity contribution in [2.45, 2.75) is 32.4 Å². The van der Waals surface area contributed by atoms with Crippen LogP contribution in [0.3, 0.4) is 0 Å². The number of hydrogen-bond acceptors (Lipinski definition) is 2. The van der Waals surface area contributed by atoms with Crippen LogP contribution in [0.4, 0.5) is 0 Å². The van der Waals surface area contributed by atoms with E-state index in [1.165, 1.54) is 0 Å². The van der Waals surface area contributed by atoms with Gasteiger partial charge >= 0.3 is 0 Å². The minimum atomic E-state index is 0.355. The van der Waals surface area contributed by atoms with Gasteiger partial charge in [0.1, 0.15) is 0 Å². The fraction of sp³-hybridized carbons (Fsp3) is 1.00. The summed E-state index contributed by atoms with van der Waals surface area (Å²) in [6.07, 6.45) is 1.39. The molecule has 3 unspecified atom stereocenters. The molecule has 2 N–H and O–H groups in total. The molecule has 0 aromatic heterocycles. The van der Waals surface area contributed by atoms with Crippen LogP contribution in [0.1, 0.15) is 20.3 Å². The van der Waals surface area contributed by atoms with Crippen molar-refractivity contribution in [1.82, 2.24) is 0 Å². The molecule has 2 nitrogen and oxygen atoms in total. The van der Waals surface area contributed by atoms with E-state index in [2.05, 4.69) is 13.8 Å². The Labute approximate surface area is 56.4 Å². The lowest BCUT2D eigenvalue weighted by Gasteiger charge is -2.29. The van der Waals surface area contributed by atoms with Crippen LogP contribution in [0.5, 0.6) is 0 Å². The van der Waals surface area contributed by atoms with Gasteiger partial charge in [0.2, 0.25) is 0 Å². The van der Waals surface area contributed by atoms with Crippen LogP contribution in [0, 0.1) is 5.92 Å². The third kappa shape index (κ3) is 1.66. The van der Waals surface area contributed by atoms with Gasteiger partial charge in [-0.05, 0) is 19.3 Å². The zero-order valence-corrected chi connectivity index (χ0v) is 6.13. The molecule has 3 atom stereocenters. The van der Waals surface area contributed by atoms with Gasteiger partial charge in [0.25, 0.3) is 0 Å². The van der Waals surface area contributed by atoms with Crippen molar-refractivity contribution in [3.63, 3.8) is 0 Å². The molecule has 54 valence electrons. The molecule has 0 radical (unpaired) electrons. The summed E-state index contributed by atoms with van der Waals surface area (Å²) in [4.78, 5) is 0. The summed E-state index contributed by atoms with van der Waals surface area (Å²) in [5.41, 5.74) is 5.79. The molecular weight excluding hydrogens is 114 g/mol. The largest absolute Gasteiger partial charge is 0.378 e. The molecule has 9 heavy (non-hydrogen) atoms. The third-order valence-corrected chi connectivity index (χ3v) is 1.98. The lowest BCUT2D eigenvalue weighted by molar-refractivity contribution is -0.0100. The molecule has 0 spiro atoms. The molecule has 0 bridgehead atoms. The Hall–Kier alpha value is -0.0800. The van der Waals surface area contributed by atoms with E-state index in [0.29, 0.717) is 18.1 Å². The maximum Gasteiger partial charge on any atom is 0.0562 e. The molecule has 1 aliphatic heterocycles. The van der Waals surface area contributed by atoms with Crippen molar-refractivity contribution >= 4 is 0 Å². The first-order valence-electron chi connectivity index (χ1n) is 3.57. The topological polar surface area (TPSA) is 35.2 Å². The average molecular weight is 129 g/mol. The van der Waals surface area contributed by atoms with Crippen molar-refractivity contribution in [2.24, 2.45) is 11.7 Å². The normalized spacial score (nSPS) is 45.0. The highest BCUT2D eigenvalue weighted by atomic mass is 16.5. The maximum absolute atomic E-state index is 5.79. The summed E-state index contributed by atoms with van der Waals surface area (Å²) >= 11 is 0. The van der Waals surface area contributed by atoms with Gasteiger partial charge in [-0.25, -0.2) is 0 Å². The number of nitrogens with two attached hydrogens (primary N) is 1. The van der Waals surface area contributed by atoms with Gasteiger partial charge < -0.3 is 10.5 Å². The second-order valence-corrected chi connectivity index (χ2v) is 3.02. The first-order chi connectivity index (χ1) is 4.20. The van der Waals surface area contributed by atoms with E-state index < -0.39 is 0 Å². The van der Waals surface area contributed by atoms with Gasteiger partial charge in [-0.1, -0.05) is 6.92 Å². The minimum Gasteiger partial charge on any atom is -0.378 e. The molecule has 1 fully saturated rings. The van der Waals surface area contributed by atoms with Crippen LogP contribution in [-0.4, -0.2) is 18.8 Å². The highest BCUT2D eigenvalue weighted by molar-refractivity contribution is 4.76. The van der Waals surface area contributed by atoms with Crippen molar-refractivity contribution in [3.05, 3.63) is 0 Å². The minimum absolute atomic E-state index is 0.355. The number of rotatable bonds is 0. The lowest BCUT2D eigenvalue weighted by Crippen LogP contribution is -2.40. The van der Waals surface area contributed by atoms with Crippen molar-refractivity contribution < 1.29 is 4.74 Å². The van der Waals surface area contributed by atoms with Gasteiger partial charge in [-0.15, -0.1) is 0 Å². The Morgan fingerprint density at radius 2 is 2.11 bits per heavy atom. The van der Waals surface area contributed by atoms with E-state index in [1.807, 2.05) is 0 Å². The number of hydrogen-bond donors (Lipinski definition) is 1. The van der Waals surface area contributed by atoms with Crippen LogP contribution >= 0.6 is 0 Å². The summed E-state index contributed by atoms with van der Waals surface area (Å²) in [6.45, 7) is 5.05. The SMILES string of the molecule is CC1CC(N)C(C)CO1. The maximum atomic E-state index is 5.79. The number of ether oxygens (including phenoxy) is 1. The quantitative estimate of drug-likeness (QED) is 0.524. The Morgan fingerprint density at radius 1 is 1.44 bits per heavy atom. The van der Waals surface area contributed by atoms with Gasteiger partial charge in [0.05, 0.1) is 12.7 Å². The van der Waals surface area contributed by atoms with E-state index in [9.17, 15) is 0 Å². The highest BCUT2D eigenvalue weighted by Crippen LogP contribution is 2.16. The van der Waals surface area contributed by atoms with Gasteiger partial charge in [0, 0.05) is 6.04 Å². The molecule has 0 aromatic carbocycles. The molecule has 0 aliphatic carbocycles. The van der Waals surface area contributed by atoms with E-state index >= 15 is 0 Å². The first-order valence-corrected chi connectivity index (χ1v) is 3.57. The van der Waals surface area contributed by atoms with Crippen LogP contribution in [-0.2, 0) is 4.74 Å². The Kier molecular flexibility index (Phi) is 2.09. The average Bonchev–Trinajstić information content (AvgIpc) is 1.80. The summed E-state index contributed by atoms with van der Waals surface area (Å²) < 4.78 is 5.38. The smallest absolute Gasteiger partial charge is 0.0562 e. The molecule has 2 heteroatoms. The Bertz CT molecular complexity index is 94.9. The summed E-state index contributed by atoms with van der Waals surface area (Å²) in [7, 11) is 0. The molecule has 0 amide bonds. The molecule has 1 heterocycles. The second-order valence-electron chi connectivity index (χ2n) is 3.02. The third-order valence-electron chi connectivity index (χ3n) is 1.98. The summed E-state index contributed by atoms with van der Waals surface area (Å²) in [6, 6.07) is 0.355. The van der Waals surface area contributed by atoms with E-state index in [-0.39, 0.29) is 0 Å². The molecular formula is C7H15NO. The zero-order chi connectivity index (χ0) is 6.85. The van der Waals surface area contributed by atoms with Crippen molar-refractivity contribution in [1.29, 1.82) is 0 Å². The molecule has 1 rings (SSSR count). The molecule has 0 aromatic rings. The van der Waals surface area contributed by atoms with Gasteiger partial charge in [-0.2, -0.15) is 0 Å².